The summed E-state index contributed by atoms with van der Waals surface area (Å²) < 4.78 is 7.59. The highest BCUT2D eigenvalue weighted by molar-refractivity contribution is 6.06. The molecule has 0 atom stereocenters. The third-order valence-corrected chi connectivity index (χ3v) is 4.36. The van der Waals surface area contributed by atoms with Crippen LogP contribution in [0.25, 0.3) is 22.1 Å². The molecular formula is C20H21N5O2. The number of rotatable bonds is 3. The molecule has 0 aliphatic rings. The van der Waals surface area contributed by atoms with E-state index < -0.39 is 0 Å². The zero-order chi connectivity index (χ0) is 19.2. The molecule has 138 valence electrons. The fourth-order valence-electron chi connectivity index (χ4n) is 2.88. The van der Waals surface area contributed by atoms with Crippen LogP contribution in [-0.2, 0) is 12.0 Å². The van der Waals surface area contributed by atoms with Crippen molar-refractivity contribution >= 4 is 33.7 Å². The van der Waals surface area contributed by atoms with Crippen LogP contribution in [0.2, 0.25) is 0 Å². The van der Waals surface area contributed by atoms with Crippen LogP contribution in [0.3, 0.4) is 0 Å². The standard InChI is InChI=1S/C20H21N5O2/c1-5-25-16-8-6-12(10-14(16)23-24-25)18(26)21-13-7-9-17-15(11-13)22-19(27-17)20(2,3)4/h6-11H,5H2,1-4H3,(H,21,26). The van der Waals surface area contributed by atoms with Crippen molar-refractivity contribution in [3.8, 4) is 0 Å². The molecular weight excluding hydrogens is 342 g/mol. The molecule has 4 aromatic rings. The molecule has 0 spiro atoms. The number of nitrogens with one attached hydrogen (secondary N) is 1. The second-order valence-electron chi connectivity index (χ2n) is 7.51. The third kappa shape index (κ3) is 3.16. The van der Waals surface area contributed by atoms with Crippen LogP contribution in [0.5, 0.6) is 0 Å². The summed E-state index contributed by atoms with van der Waals surface area (Å²) in [5.41, 5.74) is 4.06. The van der Waals surface area contributed by atoms with Crippen LogP contribution < -0.4 is 5.32 Å². The van der Waals surface area contributed by atoms with Crippen molar-refractivity contribution in [3.63, 3.8) is 0 Å². The zero-order valence-electron chi connectivity index (χ0n) is 15.8. The molecule has 0 bridgehead atoms. The molecule has 0 fully saturated rings. The summed E-state index contributed by atoms with van der Waals surface area (Å²) in [6.45, 7) is 8.87. The smallest absolute Gasteiger partial charge is 0.255 e. The molecule has 7 heteroatoms. The van der Waals surface area contributed by atoms with Crippen molar-refractivity contribution in [3.05, 3.63) is 47.9 Å². The van der Waals surface area contributed by atoms with Crippen LogP contribution in [-0.4, -0.2) is 25.9 Å². The topological polar surface area (TPSA) is 85.8 Å². The lowest BCUT2D eigenvalue weighted by Gasteiger charge is -2.11. The Balaban J connectivity index is 1.60. The predicted molar refractivity (Wildman–Crippen MR) is 104 cm³/mol. The van der Waals surface area contributed by atoms with Gasteiger partial charge >= 0.3 is 0 Å². The van der Waals surface area contributed by atoms with E-state index in [0.717, 1.165) is 17.6 Å². The molecule has 0 unspecified atom stereocenters. The predicted octanol–water partition coefficient (Wildman–Crippen LogP) is 4.14. The number of anilines is 1. The van der Waals surface area contributed by atoms with Crippen molar-refractivity contribution in [1.29, 1.82) is 0 Å². The average Bonchev–Trinajstić information content (AvgIpc) is 3.24. The van der Waals surface area contributed by atoms with Gasteiger partial charge in [-0.1, -0.05) is 26.0 Å². The monoisotopic (exact) mass is 363 g/mol. The van der Waals surface area contributed by atoms with Crippen molar-refractivity contribution in [2.45, 2.75) is 39.7 Å². The maximum Gasteiger partial charge on any atom is 0.255 e. The molecule has 2 aromatic carbocycles. The Morgan fingerprint density at radius 3 is 2.70 bits per heavy atom. The van der Waals surface area contributed by atoms with Gasteiger partial charge in [-0.15, -0.1) is 5.10 Å². The van der Waals surface area contributed by atoms with Gasteiger partial charge in [0.25, 0.3) is 5.91 Å². The maximum atomic E-state index is 12.6. The first kappa shape index (κ1) is 17.2. The highest BCUT2D eigenvalue weighted by Gasteiger charge is 2.21. The van der Waals surface area contributed by atoms with Crippen LogP contribution >= 0.6 is 0 Å². The van der Waals surface area contributed by atoms with Gasteiger partial charge in [0.05, 0.1) is 5.52 Å². The summed E-state index contributed by atoms with van der Waals surface area (Å²) in [6.07, 6.45) is 0. The molecule has 2 heterocycles. The molecule has 27 heavy (non-hydrogen) atoms. The van der Waals surface area contributed by atoms with Crippen LogP contribution in [0.4, 0.5) is 5.69 Å². The minimum Gasteiger partial charge on any atom is -0.440 e. The number of hydrogen-bond donors (Lipinski definition) is 1. The zero-order valence-corrected chi connectivity index (χ0v) is 15.8. The van der Waals surface area contributed by atoms with Gasteiger partial charge in [0.15, 0.2) is 5.58 Å². The fraction of sp³-hybridized carbons (Fsp3) is 0.300. The molecule has 1 N–H and O–H groups in total. The van der Waals surface area contributed by atoms with Crippen molar-refractivity contribution in [1.82, 2.24) is 20.0 Å². The Morgan fingerprint density at radius 1 is 1.15 bits per heavy atom. The summed E-state index contributed by atoms with van der Waals surface area (Å²) in [6, 6.07) is 10.8. The SMILES string of the molecule is CCn1nnc2cc(C(=O)Nc3ccc4oc(C(C)(C)C)nc4c3)ccc21. The highest BCUT2D eigenvalue weighted by Crippen LogP contribution is 2.27. The Bertz CT molecular complexity index is 1150. The van der Waals surface area contributed by atoms with E-state index in [1.54, 1.807) is 16.8 Å². The number of benzene rings is 2. The van der Waals surface area contributed by atoms with E-state index in [-0.39, 0.29) is 11.3 Å². The normalized spacial score (nSPS) is 12.0. The molecule has 0 aliphatic carbocycles. The summed E-state index contributed by atoms with van der Waals surface area (Å²) >= 11 is 0. The lowest BCUT2D eigenvalue weighted by Crippen LogP contribution is -2.12. The van der Waals surface area contributed by atoms with Gasteiger partial charge in [0.2, 0.25) is 5.89 Å². The largest absolute Gasteiger partial charge is 0.440 e. The molecule has 0 radical (unpaired) electrons. The van der Waals surface area contributed by atoms with Gasteiger partial charge in [-0.05, 0) is 43.3 Å². The Hall–Kier alpha value is -3.22. The van der Waals surface area contributed by atoms with E-state index >= 15 is 0 Å². The number of carbonyl (C=O) groups is 1. The molecule has 4 rings (SSSR count). The Morgan fingerprint density at radius 2 is 1.96 bits per heavy atom. The number of nitrogens with zero attached hydrogens (tertiary/aromatic N) is 4. The average molecular weight is 363 g/mol. The number of aryl methyl sites for hydroxylation is 1. The first-order chi connectivity index (χ1) is 12.8. The quantitative estimate of drug-likeness (QED) is 0.591. The molecule has 2 aromatic heterocycles. The fourth-order valence-corrected chi connectivity index (χ4v) is 2.88. The van der Waals surface area contributed by atoms with E-state index in [9.17, 15) is 4.79 Å². The summed E-state index contributed by atoms with van der Waals surface area (Å²) in [7, 11) is 0. The van der Waals surface area contributed by atoms with Gasteiger partial charge in [-0.25, -0.2) is 9.67 Å². The number of oxazole rings is 1. The van der Waals surface area contributed by atoms with Gasteiger partial charge in [0.1, 0.15) is 11.0 Å². The van der Waals surface area contributed by atoms with E-state index in [2.05, 4.69) is 20.6 Å². The molecule has 0 saturated heterocycles. The van der Waals surface area contributed by atoms with E-state index in [1.807, 2.05) is 52.0 Å². The highest BCUT2D eigenvalue weighted by atomic mass is 16.3. The van der Waals surface area contributed by atoms with E-state index in [1.165, 1.54) is 0 Å². The molecule has 7 nitrogen and oxygen atoms in total. The minimum absolute atomic E-state index is 0.173. The number of fused-ring (bicyclic) bond motifs is 2. The van der Waals surface area contributed by atoms with Crippen LogP contribution in [0.15, 0.2) is 40.8 Å². The minimum atomic E-state index is -0.207. The second kappa shape index (κ2) is 6.19. The number of aromatic nitrogens is 4. The van der Waals surface area contributed by atoms with Crippen molar-refractivity contribution in [2.24, 2.45) is 0 Å². The van der Waals surface area contributed by atoms with E-state index in [0.29, 0.717) is 28.2 Å². The lowest BCUT2D eigenvalue weighted by atomic mass is 9.97. The van der Waals surface area contributed by atoms with Gasteiger partial charge < -0.3 is 9.73 Å². The van der Waals surface area contributed by atoms with Gasteiger partial charge in [0, 0.05) is 23.2 Å². The van der Waals surface area contributed by atoms with Crippen LogP contribution in [0, 0.1) is 0 Å². The maximum absolute atomic E-state index is 12.6. The van der Waals surface area contributed by atoms with Crippen LogP contribution in [0.1, 0.15) is 43.9 Å². The van der Waals surface area contributed by atoms with Gasteiger partial charge in [-0.3, -0.25) is 4.79 Å². The Labute approximate surface area is 156 Å². The summed E-state index contributed by atoms with van der Waals surface area (Å²) in [5.74, 6) is 0.465. The molecule has 0 aliphatic heterocycles. The Kier molecular flexibility index (Phi) is 3.95. The van der Waals surface area contributed by atoms with E-state index in [4.69, 9.17) is 4.42 Å². The van der Waals surface area contributed by atoms with Gasteiger partial charge in [-0.2, -0.15) is 0 Å². The molecule has 0 saturated carbocycles. The second-order valence-corrected chi connectivity index (χ2v) is 7.51. The summed E-state index contributed by atoms with van der Waals surface area (Å²) in [5, 5.41) is 11.1. The van der Waals surface area contributed by atoms with Crippen molar-refractivity contribution in [2.75, 3.05) is 5.32 Å². The molecule has 1 amide bonds. The lowest BCUT2D eigenvalue weighted by molar-refractivity contribution is 0.102. The number of hydrogen-bond acceptors (Lipinski definition) is 5. The third-order valence-electron chi connectivity index (χ3n) is 4.36. The first-order valence-electron chi connectivity index (χ1n) is 8.91. The van der Waals surface area contributed by atoms with Crippen molar-refractivity contribution < 1.29 is 9.21 Å². The first-order valence-corrected chi connectivity index (χ1v) is 8.91. The summed E-state index contributed by atoms with van der Waals surface area (Å²) in [4.78, 5) is 17.2. The number of amides is 1. The number of carbonyl (C=O) groups excluding carboxylic acids is 1.